The van der Waals surface area contributed by atoms with E-state index in [1.807, 2.05) is 0 Å². The Kier molecular flexibility index (Phi) is 16.4. The van der Waals surface area contributed by atoms with Crippen LogP contribution in [0.25, 0.3) is 0 Å². The first kappa shape index (κ1) is 45.6. The predicted octanol–water partition coefficient (Wildman–Crippen LogP) is -3.63. The van der Waals surface area contributed by atoms with Crippen molar-refractivity contribution in [3.8, 4) is 0 Å². The molecule has 4 rings (SSSR count). The molecule has 24 heteroatoms. The van der Waals surface area contributed by atoms with E-state index in [9.17, 15) is 67.1 Å². The monoisotopic (exact) mass is 842 g/mol. The van der Waals surface area contributed by atoms with Crippen molar-refractivity contribution in [2.24, 2.45) is 0 Å². The summed E-state index contributed by atoms with van der Waals surface area (Å²) in [5.74, 6) is -10.9. The minimum atomic E-state index is -1.87. The molecular formula is C36H42N8O16. The molecule has 0 aromatic heterocycles. The average Bonchev–Trinajstić information content (AvgIpc) is 3.92. The third-order valence-electron chi connectivity index (χ3n) is 9.02. The van der Waals surface area contributed by atoms with Crippen LogP contribution in [0, 0.1) is 0 Å². The predicted molar refractivity (Wildman–Crippen MR) is 193 cm³/mol. The fourth-order valence-electron chi connectivity index (χ4n) is 5.91. The second-order valence-corrected chi connectivity index (χ2v) is 13.5. The molecule has 2 saturated heterocycles. The van der Waals surface area contributed by atoms with Crippen molar-refractivity contribution in [2.45, 2.75) is 89.1 Å². The van der Waals surface area contributed by atoms with Crippen molar-refractivity contribution in [2.75, 3.05) is 26.2 Å². The van der Waals surface area contributed by atoms with Gasteiger partial charge in [-0.25, -0.2) is 9.59 Å². The van der Waals surface area contributed by atoms with E-state index in [1.54, 1.807) is 0 Å². The molecule has 4 heterocycles. The van der Waals surface area contributed by atoms with Gasteiger partial charge in [0.2, 0.25) is 23.6 Å². The summed E-state index contributed by atoms with van der Waals surface area (Å²) in [5.41, 5.74) is 0. The van der Waals surface area contributed by atoms with Crippen molar-refractivity contribution in [3.63, 3.8) is 0 Å². The van der Waals surface area contributed by atoms with E-state index in [0.717, 1.165) is 34.1 Å². The quantitative estimate of drug-likeness (QED) is 0.0570. The Balaban J connectivity index is 1.43. The van der Waals surface area contributed by atoms with Crippen LogP contribution in [-0.2, 0) is 76.8 Å². The minimum Gasteiger partial charge on any atom is -0.354 e. The number of hydrogen-bond donors (Lipinski definition) is 4. The van der Waals surface area contributed by atoms with E-state index in [4.69, 9.17) is 9.68 Å². The lowest BCUT2D eigenvalue weighted by atomic mass is 10.0. The Bertz CT molecular complexity index is 1710. The molecule has 0 saturated carbocycles. The normalized spacial score (nSPS) is 17.1. The number of hydroxylamine groups is 4. The first-order chi connectivity index (χ1) is 28.5. The van der Waals surface area contributed by atoms with Crippen molar-refractivity contribution >= 4 is 82.8 Å². The van der Waals surface area contributed by atoms with Crippen LogP contribution in [0.2, 0.25) is 0 Å². The molecule has 2 atom stereocenters. The number of nitrogens with one attached hydrogen (secondary N) is 4. The summed E-state index contributed by atoms with van der Waals surface area (Å²) in [6, 6.07) is -3.74. The lowest BCUT2D eigenvalue weighted by molar-refractivity contribution is -0.197. The highest BCUT2D eigenvalue weighted by Gasteiger charge is 2.37. The number of nitrogens with zero attached hydrogens (tertiary/aromatic N) is 4. The molecule has 60 heavy (non-hydrogen) atoms. The van der Waals surface area contributed by atoms with E-state index in [0.29, 0.717) is 10.1 Å². The van der Waals surface area contributed by atoms with Gasteiger partial charge in [-0.1, -0.05) is 0 Å². The molecule has 4 aliphatic heterocycles. The maximum atomic E-state index is 13.7. The fraction of sp³-hybridized carbons (Fsp3) is 0.500. The molecule has 12 amide bonds. The average molecular weight is 843 g/mol. The van der Waals surface area contributed by atoms with E-state index >= 15 is 0 Å². The van der Waals surface area contributed by atoms with Gasteiger partial charge in [0.15, 0.2) is 0 Å². The van der Waals surface area contributed by atoms with Gasteiger partial charge in [0.1, 0.15) is 12.1 Å². The Morgan fingerprint density at radius 2 is 0.800 bits per heavy atom. The third-order valence-corrected chi connectivity index (χ3v) is 9.02. The Morgan fingerprint density at radius 3 is 1.12 bits per heavy atom. The second kappa shape index (κ2) is 21.6. The lowest BCUT2D eigenvalue weighted by Gasteiger charge is -2.28. The summed E-state index contributed by atoms with van der Waals surface area (Å²) in [4.78, 5) is 184. The maximum absolute atomic E-state index is 13.7. The molecule has 4 aliphatic rings. The molecule has 4 N–H and O–H groups in total. The van der Waals surface area contributed by atoms with Gasteiger partial charge in [-0.15, -0.1) is 10.1 Å². The smallest absolute Gasteiger partial charge is 0.333 e. The summed E-state index contributed by atoms with van der Waals surface area (Å²) in [7, 11) is 0. The Labute approximate surface area is 340 Å². The SMILES string of the molecule is O=C(CCCN1C(=O)C=CC1=O)N[C@@H](C(=O)NCCCC(=O)ON1C(=O)CCC1=O)[C@@H](NC(=O)CCCN1C(=O)C=CC1=O)C(=O)NCCCC(=O)ON1C(=O)CCC1=O. The zero-order valence-electron chi connectivity index (χ0n) is 32.1. The molecule has 0 aromatic carbocycles. The number of rotatable bonds is 23. The molecule has 24 nitrogen and oxygen atoms in total. The largest absolute Gasteiger partial charge is 0.354 e. The third kappa shape index (κ3) is 12.9. The van der Waals surface area contributed by atoms with Crippen LogP contribution in [0.1, 0.15) is 77.0 Å². The number of hydrogen-bond acceptors (Lipinski definition) is 16. The summed E-state index contributed by atoms with van der Waals surface area (Å²) >= 11 is 0. The van der Waals surface area contributed by atoms with Crippen LogP contribution in [-0.4, -0.2) is 141 Å². The molecule has 0 aromatic rings. The van der Waals surface area contributed by atoms with E-state index in [2.05, 4.69) is 21.3 Å². The molecular weight excluding hydrogens is 800 g/mol. The van der Waals surface area contributed by atoms with E-state index < -0.39 is 108 Å². The van der Waals surface area contributed by atoms with Crippen molar-refractivity contribution in [1.82, 2.24) is 41.2 Å². The van der Waals surface area contributed by atoms with Gasteiger partial charge < -0.3 is 30.9 Å². The van der Waals surface area contributed by atoms with Gasteiger partial charge in [0, 0.05) is 102 Å². The summed E-state index contributed by atoms with van der Waals surface area (Å²) in [6.07, 6.45) is 1.78. The summed E-state index contributed by atoms with van der Waals surface area (Å²) in [6.45, 7) is -0.903. The highest BCUT2D eigenvalue weighted by Crippen LogP contribution is 2.14. The first-order valence-corrected chi connectivity index (χ1v) is 18.9. The van der Waals surface area contributed by atoms with E-state index in [-0.39, 0.29) is 90.4 Å². The van der Waals surface area contributed by atoms with Crippen LogP contribution in [0.5, 0.6) is 0 Å². The fourth-order valence-corrected chi connectivity index (χ4v) is 5.91. The maximum Gasteiger partial charge on any atom is 0.333 e. The topological polar surface area (TPSA) is 319 Å². The van der Waals surface area contributed by atoms with Gasteiger partial charge in [-0.05, 0) is 25.7 Å². The molecule has 0 aliphatic carbocycles. The minimum absolute atomic E-state index is 0.0692. The Hall–Kier alpha value is -7.14. The van der Waals surface area contributed by atoms with Crippen molar-refractivity contribution in [1.29, 1.82) is 0 Å². The van der Waals surface area contributed by atoms with Crippen LogP contribution >= 0.6 is 0 Å². The number of carbonyl (C=O) groups is 14. The van der Waals surface area contributed by atoms with Crippen LogP contribution in [0.4, 0.5) is 0 Å². The standard InChI is InChI=1S/C36H42N8O16/c45-21(5-3-19-41-23(47)9-10-24(41)48)39-33(35(57)37-17-1-7-31(55)59-43-27(51)13-14-28(43)52)34(40-22(46)6-4-20-42-25(49)11-12-26(42)50)36(58)38-18-2-8-32(56)60-44-29(53)15-16-30(44)54/h9-12,33-34H,1-8,13-20H2,(H,37,57)(H,38,58)(H,39,45)(H,40,46)/t33-,34-/m1/s1. The first-order valence-electron chi connectivity index (χ1n) is 18.9. The zero-order chi connectivity index (χ0) is 43.9. The number of amides is 12. The van der Waals surface area contributed by atoms with Crippen LogP contribution in [0.3, 0.4) is 0 Å². The van der Waals surface area contributed by atoms with Crippen LogP contribution < -0.4 is 21.3 Å². The van der Waals surface area contributed by atoms with Crippen molar-refractivity contribution < 1.29 is 76.8 Å². The van der Waals surface area contributed by atoms with Gasteiger partial charge in [-0.3, -0.25) is 67.3 Å². The molecule has 0 bridgehead atoms. The highest BCUT2D eigenvalue weighted by molar-refractivity contribution is 6.13. The van der Waals surface area contributed by atoms with Crippen molar-refractivity contribution in [3.05, 3.63) is 24.3 Å². The number of imide groups is 4. The van der Waals surface area contributed by atoms with Gasteiger partial charge >= 0.3 is 11.9 Å². The Morgan fingerprint density at radius 1 is 0.483 bits per heavy atom. The van der Waals surface area contributed by atoms with Gasteiger partial charge in [-0.2, -0.15) is 0 Å². The zero-order valence-corrected chi connectivity index (χ0v) is 32.1. The molecule has 0 radical (unpaired) electrons. The summed E-state index contributed by atoms with van der Waals surface area (Å²) < 4.78 is 0. The molecule has 2 fully saturated rings. The number of carbonyl (C=O) groups excluding carboxylic acids is 14. The molecule has 0 spiro atoms. The second-order valence-electron chi connectivity index (χ2n) is 13.5. The molecule has 0 unspecified atom stereocenters. The molecule has 322 valence electrons. The van der Waals surface area contributed by atoms with Gasteiger partial charge in [0.05, 0.1) is 0 Å². The van der Waals surface area contributed by atoms with Crippen LogP contribution in [0.15, 0.2) is 24.3 Å². The van der Waals surface area contributed by atoms with E-state index in [1.165, 1.54) is 0 Å². The summed E-state index contributed by atoms with van der Waals surface area (Å²) in [5, 5.41) is 10.3. The lowest BCUT2D eigenvalue weighted by Crippen LogP contribution is -2.63. The van der Waals surface area contributed by atoms with Gasteiger partial charge in [0.25, 0.3) is 47.3 Å². The highest BCUT2D eigenvalue weighted by atomic mass is 16.7.